The van der Waals surface area contributed by atoms with E-state index in [0.29, 0.717) is 0 Å². The van der Waals surface area contributed by atoms with Crippen molar-refractivity contribution in [3.63, 3.8) is 0 Å². The van der Waals surface area contributed by atoms with Crippen molar-refractivity contribution in [3.05, 3.63) is 17.1 Å². The number of carbonyl (C=O) groups excluding carboxylic acids is 1. The Morgan fingerprint density at radius 3 is 2.55 bits per heavy atom. The molecule has 0 spiro atoms. The lowest BCUT2D eigenvalue weighted by Crippen LogP contribution is -2.42. The summed E-state index contributed by atoms with van der Waals surface area (Å²) in [5, 5.41) is 6.05. The second kappa shape index (κ2) is 6.20. The van der Waals surface area contributed by atoms with Gasteiger partial charge in [-0.3, -0.25) is 4.79 Å². The standard InChI is InChI=1S/C15H24N4O/c1-9(2)13(15(20)16-4)19-14-11-7-5-6-8-12(11)17-10(3)18-14/h9,13H,5-8H2,1-4H3,(H,16,20)(H,17,18,19). The first-order valence-corrected chi connectivity index (χ1v) is 7.37. The molecular weight excluding hydrogens is 252 g/mol. The highest BCUT2D eigenvalue weighted by molar-refractivity contribution is 5.84. The Labute approximate surface area is 120 Å². The van der Waals surface area contributed by atoms with E-state index in [9.17, 15) is 4.79 Å². The molecule has 5 heteroatoms. The Kier molecular flexibility index (Phi) is 4.57. The van der Waals surface area contributed by atoms with Crippen LogP contribution in [-0.4, -0.2) is 29.0 Å². The topological polar surface area (TPSA) is 66.9 Å². The molecule has 1 aliphatic carbocycles. The maximum Gasteiger partial charge on any atom is 0.242 e. The highest BCUT2D eigenvalue weighted by atomic mass is 16.2. The molecule has 110 valence electrons. The lowest BCUT2D eigenvalue weighted by atomic mass is 9.95. The Morgan fingerprint density at radius 1 is 1.20 bits per heavy atom. The molecule has 20 heavy (non-hydrogen) atoms. The van der Waals surface area contributed by atoms with Gasteiger partial charge in [0.15, 0.2) is 0 Å². The summed E-state index contributed by atoms with van der Waals surface area (Å²) in [5.41, 5.74) is 2.34. The van der Waals surface area contributed by atoms with Gasteiger partial charge in [-0.25, -0.2) is 9.97 Å². The van der Waals surface area contributed by atoms with Gasteiger partial charge in [0.2, 0.25) is 5.91 Å². The van der Waals surface area contributed by atoms with Gasteiger partial charge in [-0.05, 0) is 38.5 Å². The number of fused-ring (bicyclic) bond motifs is 1. The van der Waals surface area contributed by atoms with Crippen molar-refractivity contribution in [2.45, 2.75) is 52.5 Å². The first-order chi connectivity index (χ1) is 9.52. The van der Waals surface area contributed by atoms with E-state index in [1.807, 2.05) is 20.8 Å². The lowest BCUT2D eigenvalue weighted by molar-refractivity contribution is -0.122. The summed E-state index contributed by atoms with van der Waals surface area (Å²) in [5.74, 6) is 1.81. The van der Waals surface area contributed by atoms with Crippen LogP contribution in [0.4, 0.5) is 5.82 Å². The Morgan fingerprint density at radius 2 is 1.90 bits per heavy atom. The van der Waals surface area contributed by atoms with Gasteiger partial charge in [-0.2, -0.15) is 0 Å². The van der Waals surface area contributed by atoms with Crippen LogP contribution in [0.3, 0.4) is 0 Å². The molecule has 1 aliphatic rings. The number of nitrogens with one attached hydrogen (secondary N) is 2. The molecule has 0 aromatic carbocycles. The number of hydrogen-bond donors (Lipinski definition) is 2. The zero-order valence-electron chi connectivity index (χ0n) is 12.8. The molecule has 1 amide bonds. The maximum atomic E-state index is 12.0. The third-order valence-corrected chi connectivity index (χ3v) is 3.78. The van der Waals surface area contributed by atoms with Gasteiger partial charge in [-0.15, -0.1) is 0 Å². The summed E-state index contributed by atoms with van der Waals surface area (Å²) < 4.78 is 0. The molecule has 0 saturated carbocycles. The number of anilines is 1. The molecule has 1 aromatic heterocycles. The highest BCUT2D eigenvalue weighted by Gasteiger charge is 2.24. The number of carbonyl (C=O) groups is 1. The summed E-state index contributed by atoms with van der Waals surface area (Å²) in [7, 11) is 1.67. The van der Waals surface area contributed by atoms with Crippen LogP contribution in [0.2, 0.25) is 0 Å². The molecular formula is C15H24N4O. The predicted octanol–water partition coefficient (Wildman–Crippen LogP) is 1.85. The molecule has 2 rings (SSSR count). The molecule has 1 atom stereocenters. The highest BCUT2D eigenvalue weighted by Crippen LogP contribution is 2.26. The number of nitrogens with zero attached hydrogens (tertiary/aromatic N) is 2. The maximum absolute atomic E-state index is 12.0. The third kappa shape index (κ3) is 3.08. The molecule has 0 radical (unpaired) electrons. The summed E-state index contributed by atoms with van der Waals surface area (Å²) in [4.78, 5) is 21.1. The van der Waals surface area contributed by atoms with E-state index >= 15 is 0 Å². The van der Waals surface area contributed by atoms with Crippen molar-refractivity contribution in [2.24, 2.45) is 5.92 Å². The molecule has 0 fully saturated rings. The summed E-state index contributed by atoms with van der Waals surface area (Å²) >= 11 is 0. The van der Waals surface area contributed by atoms with E-state index in [4.69, 9.17) is 0 Å². The molecule has 5 nitrogen and oxygen atoms in total. The van der Waals surface area contributed by atoms with Gasteiger partial charge in [0.05, 0.1) is 0 Å². The Balaban J connectivity index is 2.32. The van der Waals surface area contributed by atoms with Crippen LogP contribution in [0, 0.1) is 12.8 Å². The first kappa shape index (κ1) is 14.8. The average Bonchev–Trinajstić information content (AvgIpc) is 2.43. The molecule has 0 bridgehead atoms. The van der Waals surface area contributed by atoms with E-state index in [1.165, 1.54) is 18.4 Å². The number of hydrogen-bond acceptors (Lipinski definition) is 4. The van der Waals surface area contributed by atoms with E-state index in [1.54, 1.807) is 7.05 Å². The summed E-state index contributed by atoms with van der Waals surface area (Å²) in [6.45, 7) is 5.98. The molecule has 1 aromatic rings. The molecule has 1 unspecified atom stereocenters. The fourth-order valence-corrected chi connectivity index (χ4v) is 2.67. The van der Waals surface area contributed by atoms with Crippen molar-refractivity contribution in [3.8, 4) is 0 Å². The van der Waals surface area contributed by atoms with Crippen molar-refractivity contribution in [2.75, 3.05) is 12.4 Å². The van der Waals surface area contributed by atoms with Crippen LogP contribution < -0.4 is 10.6 Å². The average molecular weight is 276 g/mol. The van der Waals surface area contributed by atoms with Crippen LogP contribution in [0.1, 0.15) is 43.8 Å². The van der Waals surface area contributed by atoms with E-state index < -0.39 is 0 Å². The smallest absolute Gasteiger partial charge is 0.242 e. The third-order valence-electron chi connectivity index (χ3n) is 3.78. The predicted molar refractivity (Wildman–Crippen MR) is 79.7 cm³/mol. The fraction of sp³-hybridized carbons (Fsp3) is 0.667. The second-order valence-corrected chi connectivity index (χ2v) is 5.73. The van der Waals surface area contributed by atoms with Crippen LogP contribution in [0.25, 0.3) is 0 Å². The lowest BCUT2D eigenvalue weighted by Gasteiger charge is -2.25. The number of aromatic nitrogens is 2. The van der Waals surface area contributed by atoms with Crippen molar-refractivity contribution in [1.29, 1.82) is 0 Å². The monoisotopic (exact) mass is 276 g/mol. The van der Waals surface area contributed by atoms with Crippen molar-refractivity contribution in [1.82, 2.24) is 15.3 Å². The summed E-state index contributed by atoms with van der Waals surface area (Å²) in [6.07, 6.45) is 4.36. The number of amides is 1. The fourth-order valence-electron chi connectivity index (χ4n) is 2.67. The Bertz CT molecular complexity index is 499. The Hall–Kier alpha value is -1.65. The van der Waals surface area contributed by atoms with Gasteiger partial charge < -0.3 is 10.6 Å². The van der Waals surface area contributed by atoms with Crippen LogP contribution in [0.5, 0.6) is 0 Å². The minimum atomic E-state index is -0.264. The minimum Gasteiger partial charge on any atom is -0.358 e. The van der Waals surface area contributed by atoms with E-state index in [-0.39, 0.29) is 17.9 Å². The zero-order valence-corrected chi connectivity index (χ0v) is 12.8. The van der Waals surface area contributed by atoms with Crippen LogP contribution >= 0.6 is 0 Å². The molecule has 2 N–H and O–H groups in total. The van der Waals surface area contributed by atoms with E-state index in [2.05, 4.69) is 20.6 Å². The summed E-state index contributed by atoms with van der Waals surface area (Å²) in [6, 6.07) is -0.264. The van der Waals surface area contributed by atoms with Gasteiger partial charge in [0.1, 0.15) is 17.7 Å². The molecule has 1 heterocycles. The second-order valence-electron chi connectivity index (χ2n) is 5.73. The quantitative estimate of drug-likeness (QED) is 0.880. The van der Waals surface area contributed by atoms with Crippen LogP contribution in [0.15, 0.2) is 0 Å². The van der Waals surface area contributed by atoms with Crippen LogP contribution in [-0.2, 0) is 17.6 Å². The zero-order chi connectivity index (χ0) is 14.7. The number of rotatable bonds is 4. The van der Waals surface area contributed by atoms with Gasteiger partial charge in [-0.1, -0.05) is 13.8 Å². The molecule has 0 aliphatic heterocycles. The largest absolute Gasteiger partial charge is 0.358 e. The number of likely N-dealkylation sites (N-methyl/N-ethyl adjacent to an activating group) is 1. The number of aryl methyl sites for hydroxylation is 2. The van der Waals surface area contributed by atoms with Gasteiger partial charge >= 0.3 is 0 Å². The van der Waals surface area contributed by atoms with E-state index in [0.717, 1.165) is 30.2 Å². The van der Waals surface area contributed by atoms with Gasteiger partial charge in [0, 0.05) is 18.3 Å². The van der Waals surface area contributed by atoms with Gasteiger partial charge in [0.25, 0.3) is 0 Å². The normalized spacial score (nSPS) is 15.7. The molecule has 0 saturated heterocycles. The van der Waals surface area contributed by atoms with Crippen molar-refractivity contribution >= 4 is 11.7 Å². The SMILES string of the molecule is CNC(=O)C(Nc1nc(C)nc2c1CCCC2)C(C)C. The minimum absolute atomic E-state index is 0.000764. The van der Waals surface area contributed by atoms with Crippen molar-refractivity contribution < 1.29 is 4.79 Å². The first-order valence-electron chi connectivity index (χ1n) is 7.37.